The van der Waals surface area contributed by atoms with Gasteiger partial charge in [0.05, 0.1) is 10.6 Å². The van der Waals surface area contributed by atoms with Crippen LogP contribution in [0.2, 0.25) is 0 Å². The van der Waals surface area contributed by atoms with E-state index in [4.69, 9.17) is 0 Å². The molecule has 1 aliphatic heterocycles. The van der Waals surface area contributed by atoms with Gasteiger partial charge in [-0.1, -0.05) is 12.2 Å². The molecule has 2 aliphatic rings. The van der Waals surface area contributed by atoms with Crippen LogP contribution in [0.1, 0.15) is 30.1 Å². The Hall–Kier alpha value is -1.62. The topological polar surface area (TPSA) is 54.5 Å². The molecule has 0 N–H and O–H groups in total. The Balaban J connectivity index is 2.01. The van der Waals surface area contributed by atoms with E-state index < -0.39 is 9.84 Å². The molecule has 1 aromatic carbocycles. The summed E-state index contributed by atoms with van der Waals surface area (Å²) >= 11 is 0. The van der Waals surface area contributed by atoms with E-state index in [-0.39, 0.29) is 5.78 Å². The van der Waals surface area contributed by atoms with E-state index in [9.17, 15) is 13.2 Å². The van der Waals surface area contributed by atoms with Crippen LogP contribution >= 0.6 is 0 Å². The highest BCUT2D eigenvalue weighted by Gasteiger charge is 2.34. The van der Waals surface area contributed by atoms with Crippen LogP contribution in [0.5, 0.6) is 0 Å². The molecule has 0 bridgehead atoms. The third-order valence-electron chi connectivity index (χ3n) is 4.73. The second-order valence-electron chi connectivity index (χ2n) is 6.38. The van der Waals surface area contributed by atoms with E-state index in [1.165, 1.54) is 13.2 Å². The molecular formula is C17H21NO3S. The van der Waals surface area contributed by atoms with Crippen LogP contribution in [0.3, 0.4) is 0 Å². The van der Waals surface area contributed by atoms with Gasteiger partial charge in [-0.05, 0) is 49.8 Å². The summed E-state index contributed by atoms with van der Waals surface area (Å²) in [5.41, 5.74) is 1.25. The van der Waals surface area contributed by atoms with Gasteiger partial charge in [-0.3, -0.25) is 4.79 Å². The van der Waals surface area contributed by atoms with Crippen LogP contribution in [0.25, 0.3) is 0 Å². The van der Waals surface area contributed by atoms with Crippen molar-refractivity contribution in [1.29, 1.82) is 0 Å². The molecular weight excluding hydrogens is 298 g/mol. The highest BCUT2D eigenvalue weighted by atomic mass is 32.2. The van der Waals surface area contributed by atoms with Crippen molar-refractivity contribution in [3.63, 3.8) is 0 Å². The maximum atomic E-state index is 12.1. The van der Waals surface area contributed by atoms with E-state index in [2.05, 4.69) is 17.1 Å². The Bertz CT molecular complexity index is 720. The first kappa shape index (κ1) is 15.3. The Morgan fingerprint density at radius 1 is 1.14 bits per heavy atom. The molecule has 1 saturated heterocycles. The maximum Gasteiger partial charge on any atom is 0.177 e. The number of rotatable bonds is 3. The zero-order chi connectivity index (χ0) is 15.9. The first-order chi connectivity index (χ1) is 10.4. The van der Waals surface area contributed by atoms with Gasteiger partial charge in [0.25, 0.3) is 0 Å². The summed E-state index contributed by atoms with van der Waals surface area (Å²) in [7, 11) is -3.31. The van der Waals surface area contributed by atoms with Crippen LogP contribution in [0.15, 0.2) is 35.2 Å². The fourth-order valence-corrected chi connectivity index (χ4v) is 4.39. The number of carbonyl (C=O) groups is 1. The number of fused-ring (bicyclic) bond motifs is 1. The summed E-state index contributed by atoms with van der Waals surface area (Å²) in [6.45, 7) is 3.23. The number of anilines is 1. The monoisotopic (exact) mass is 319 g/mol. The number of sulfone groups is 1. The molecule has 2 atom stereocenters. The van der Waals surface area contributed by atoms with Crippen molar-refractivity contribution in [3.8, 4) is 0 Å². The minimum atomic E-state index is -3.31. The van der Waals surface area contributed by atoms with Gasteiger partial charge in [0.15, 0.2) is 15.6 Å². The standard InChI is InChI=1S/C17H21NO3S/c1-12(19)13-7-8-17(22(2,20)21)16(9-13)18-10-14-5-3-4-6-15(14)11-18/h3-4,7-9,14-15H,5-6,10-11H2,1-2H3. The van der Waals surface area contributed by atoms with Gasteiger partial charge in [-0.2, -0.15) is 0 Å². The summed E-state index contributed by atoms with van der Waals surface area (Å²) < 4.78 is 24.2. The highest BCUT2D eigenvalue weighted by Crippen LogP contribution is 2.38. The Morgan fingerprint density at radius 2 is 1.73 bits per heavy atom. The highest BCUT2D eigenvalue weighted by molar-refractivity contribution is 7.90. The molecule has 2 unspecified atom stereocenters. The molecule has 5 heteroatoms. The summed E-state index contributed by atoms with van der Waals surface area (Å²) in [4.78, 5) is 14.1. The number of hydrogen-bond donors (Lipinski definition) is 0. The Labute approximate surface area is 131 Å². The molecule has 1 aromatic rings. The first-order valence-electron chi connectivity index (χ1n) is 7.61. The third-order valence-corrected chi connectivity index (χ3v) is 5.87. The van der Waals surface area contributed by atoms with Crippen molar-refractivity contribution in [2.75, 3.05) is 24.2 Å². The van der Waals surface area contributed by atoms with Gasteiger partial charge in [0, 0.05) is 24.9 Å². The SMILES string of the molecule is CC(=O)c1ccc(S(C)(=O)=O)c(N2CC3CC=CCC3C2)c1. The van der Waals surface area contributed by atoms with E-state index in [0.29, 0.717) is 28.0 Å². The second-order valence-corrected chi connectivity index (χ2v) is 8.36. The maximum absolute atomic E-state index is 12.1. The predicted octanol–water partition coefficient (Wildman–Crippen LogP) is 2.70. The molecule has 118 valence electrons. The third kappa shape index (κ3) is 2.82. The molecule has 1 heterocycles. The lowest BCUT2D eigenvalue weighted by atomic mass is 9.86. The Morgan fingerprint density at radius 3 is 2.23 bits per heavy atom. The summed E-state index contributed by atoms with van der Waals surface area (Å²) in [5, 5.41) is 0. The van der Waals surface area contributed by atoms with E-state index in [0.717, 1.165) is 25.9 Å². The van der Waals surface area contributed by atoms with E-state index in [1.807, 2.05) is 0 Å². The molecule has 1 fully saturated rings. The normalized spacial score (nSPS) is 24.4. The fraction of sp³-hybridized carbons (Fsp3) is 0.471. The molecule has 4 nitrogen and oxygen atoms in total. The molecule has 0 amide bonds. The van der Waals surface area contributed by atoms with Crippen LogP contribution in [0, 0.1) is 11.8 Å². The smallest absolute Gasteiger partial charge is 0.177 e. The lowest BCUT2D eigenvalue weighted by Gasteiger charge is -2.22. The largest absolute Gasteiger partial charge is 0.370 e. The van der Waals surface area contributed by atoms with Crippen molar-refractivity contribution < 1.29 is 13.2 Å². The van der Waals surface area contributed by atoms with Gasteiger partial charge in [-0.25, -0.2) is 8.42 Å². The second kappa shape index (κ2) is 5.54. The van der Waals surface area contributed by atoms with Crippen LogP contribution in [0.4, 0.5) is 5.69 Å². The number of ketones is 1. The van der Waals surface area contributed by atoms with Crippen molar-refractivity contribution >= 4 is 21.3 Å². The number of carbonyl (C=O) groups excluding carboxylic acids is 1. The molecule has 3 rings (SSSR count). The summed E-state index contributed by atoms with van der Waals surface area (Å²) in [6.07, 6.45) is 7.77. The zero-order valence-electron chi connectivity index (χ0n) is 13.0. The zero-order valence-corrected chi connectivity index (χ0v) is 13.8. The lowest BCUT2D eigenvalue weighted by Crippen LogP contribution is -2.22. The van der Waals surface area contributed by atoms with Gasteiger partial charge in [0.1, 0.15) is 0 Å². The molecule has 1 aliphatic carbocycles. The minimum Gasteiger partial charge on any atom is -0.370 e. The molecule has 0 saturated carbocycles. The van der Waals surface area contributed by atoms with E-state index in [1.54, 1.807) is 18.2 Å². The van der Waals surface area contributed by atoms with Gasteiger partial charge in [-0.15, -0.1) is 0 Å². The number of allylic oxidation sites excluding steroid dienone is 2. The average Bonchev–Trinajstić information content (AvgIpc) is 2.89. The van der Waals surface area contributed by atoms with Gasteiger partial charge < -0.3 is 4.90 Å². The quantitative estimate of drug-likeness (QED) is 0.635. The van der Waals surface area contributed by atoms with Crippen LogP contribution in [-0.4, -0.2) is 33.5 Å². The van der Waals surface area contributed by atoms with Crippen molar-refractivity contribution in [3.05, 3.63) is 35.9 Å². The van der Waals surface area contributed by atoms with Crippen molar-refractivity contribution in [2.45, 2.75) is 24.7 Å². The predicted molar refractivity (Wildman–Crippen MR) is 87.1 cm³/mol. The van der Waals surface area contributed by atoms with Crippen molar-refractivity contribution in [1.82, 2.24) is 0 Å². The molecule has 0 aromatic heterocycles. The van der Waals surface area contributed by atoms with Crippen LogP contribution < -0.4 is 4.90 Å². The molecule has 0 spiro atoms. The fourth-order valence-electron chi connectivity index (χ4n) is 3.51. The number of hydrogen-bond acceptors (Lipinski definition) is 4. The van der Waals surface area contributed by atoms with Crippen molar-refractivity contribution in [2.24, 2.45) is 11.8 Å². The lowest BCUT2D eigenvalue weighted by molar-refractivity contribution is 0.101. The van der Waals surface area contributed by atoms with Gasteiger partial charge >= 0.3 is 0 Å². The average molecular weight is 319 g/mol. The number of nitrogens with zero attached hydrogens (tertiary/aromatic N) is 1. The summed E-state index contributed by atoms with van der Waals surface area (Å²) in [5.74, 6) is 1.12. The number of Topliss-reactive ketones (excluding diaryl/α,β-unsaturated/α-hetero) is 1. The van der Waals surface area contributed by atoms with Gasteiger partial charge in [0.2, 0.25) is 0 Å². The summed E-state index contributed by atoms with van der Waals surface area (Å²) in [6, 6.07) is 4.91. The van der Waals surface area contributed by atoms with E-state index >= 15 is 0 Å². The minimum absolute atomic E-state index is 0.0421. The molecule has 22 heavy (non-hydrogen) atoms. The Kier molecular flexibility index (Phi) is 3.85. The molecule has 0 radical (unpaired) electrons. The number of benzene rings is 1. The van der Waals surface area contributed by atoms with Crippen LogP contribution in [-0.2, 0) is 9.84 Å². The first-order valence-corrected chi connectivity index (χ1v) is 9.50.